The summed E-state index contributed by atoms with van der Waals surface area (Å²) in [4.78, 5) is 14.0. The minimum atomic E-state index is -0.379. The van der Waals surface area contributed by atoms with Crippen molar-refractivity contribution in [1.82, 2.24) is 5.32 Å². The van der Waals surface area contributed by atoms with E-state index in [-0.39, 0.29) is 18.0 Å². The molecule has 1 saturated heterocycles. The third kappa shape index (κ3) is 3.01. The van der Waals surface area contributed by atoms with E-state index in [2.05, 4.69) is 22.3 Å². The van der Waals surface area contributed by atoms with Crippen LogP contribution in [0.2, 0.25) is 0 Å². The van der Waals surface area contributed by atoms with E-state index in [1.54, 1.807) is 0 Å². The highest BCUT2D eigenvalue weighted by molar-refractivity contribution is 5.81. The van der Waals surface area contributed by atoms with Crippen LogP contribution in [0.25, 0.3) is 0 Å². The standard InChI is InChI=1S/C14H21N3O/c1-2-13(15)14(18)16-11-8-9-17(10-11)12-6-4-3-5-7-12/h3-7,11,13H,2,8-10,15H2,1H3,(H,16,18)/t11?,13-/m0/s1. The SMILES string of the molecule is CC[C@H](N)C(=O)NC1CCN(c2ccccc2)C1. The van der Waals surface area contributed by atoms with Crippen LogP contribution in [-0.4, -0.2) is 31.1 Å². The minimum absolute atomic E-state index is 0.0302. The zero-order chi connectivity index (χ0) is 13.0. The number of benzene rings is 1. The van der Waals surface area contributed by atoms with Crippen LogP contribution in [0.5, 0.6) is 0 Å². The van der Waals surface area contributed by atoms with Crippen molar-refractivity contribution < 1.29 is 4.79 Å². The first-order valence-corrected chi connectivity index (χ1v) is 6.56. The van der Waals surface area contributed by atoms with Gasteiger partial charge in [0.15, 0.2) is 0 Å². The summed E-state index contributed by atoms with van der Waals surface area (Å²) in [6.07, 6.45) is 1.66. The summed E-state index contributed by atoms with van der Waals surface area (Å²) in [5.74, 6) is -0.0302. The van der Waals surface area contributed by atoms with E-state index >= 15 is 0 Å². The van der Waals surface area contributed by atoms with E-state index in [0.717, 1.165) is 19.5 Å². The van der Waals surface area contributed by atoms with E-state index in [1.807, 2.05) is 25.1 Å². The normalized spacial score (nSPS) is 20.8. The molecular formula is C14H21N3O. The molecule has 1 fully saturated rings. The van der Waals surface area contributed by atoms with Crippen molar-refractivity contribution in [2.75, 3.05) is 18.0 Å². The maximum atomic E-state index is 11.7. The highest BCUT2D eigenvalue weighted by Gasteiger charge is 2.25. The summed E-state index contributed by atoms with van der Waals surface area (Å²) in [5.41, 5.74) is 6.93. The maximum absolute atomic E-state index is 11.7. The molecule has 3 N–H and O–H groups in total. The van der Waals surface area contributed by atoms with E-state index in [0.29, 0.717) is 6.42 Å². The molecule has 1 amide bonds. The van der Waals surface area contributed by atoms with Crippen molar-refractivity contribution >= 4 is 11.6 Å². The van der Waals surface area contributed by atoms with Crippen molar-refractivity contribution in [3.05, 3.63) is 30.3 Å². The van der Waals surface area contributed by atoms with E-state index in [4.69, 9.17) is 5.73 Å². The van der Waals surface area contributed by atoms with Gasteiger partial charge in [-0.1, -0.05) is 25.1 Å². The zero-order valence-electron chi connectivity index (χ0n) is 10.8. The number of carbonyl (C=O) groups excluding carboxylic acids is 1. The van der Waals surface area contributed by atoms with E-state index in [9.17, 15) is 4.79 Å². The summed E-state index contributed by atoms with van der Waals surface area (Å²) >= 11 is 0. The monoisotopic (exact) mass is 247 g/mol. The lowest BCUT2D eigenvalue weighted by Gasteiger charge is -2.19. The Hall–Kier alpha value is -1.55. The number of hydrogen-bond acceptors (Lipinski definition) is 3. The molecule has 4 nitrogen and oxygen atoms in total. The predicted octanol–water partition coefficient (Wildman–Crippen LogP) is 1.12. The number of para-hydroxylation sites is 1. The molecule has 4 heteroatoms. The first-order chi connectivity index (χ1) is 8.70. The fourth-order valence-corrected chi connectivity index (χ4v) is 2.25. The van der Waals surface area contributed by atoms with Gasteiger partial charge in [0.05, 0.1) is 6.04 Å². The molecule has 98 valence electrons. The number of hydrogen-bond donors (Lipinski definition) is 2. The Morgan fingerprint density at radius 1 is 1.50 bits per heavy atom. The predicted molar refractivity (Wildman–Crippen MR) is 73.5 cm³/mol. The van der Waals surface area contributed by atoms with Gasteiger partial charge in [0, 0.05) is 24.8 Å². The second-order valence-electron chi connectivity index (χ2n) is 4.79. The lowest BCUT2D eigenvalue weighted by atomic mass is 10.2. The molecule has 1 aromatic rings. The lowest BCUT2D eigenvalue weighted by molar-refractivity contribution is -0.123. The Morgan fingerprint density at radius 2 is 2.22 bits per heavy atom. The summed E-state index contributed by atoms with van der Waals surface area (Å²) in [5, 5.41) is 3.02. The highest BCUT2D eigenvalue weighted by atomic mass is 16.2. The number of nitrogens with zero attached hydrogens (tertiary/aromatic N) is 1. The van der Waals surface area contributed by atoms with Gasteiger partial charge in [-0.05, 0) is 25.0 Å². The van der Waals surface area contributed by atoms with E-state index in [1.165, 1.54) is 5.69 Å². The third-order valence-corrected chi connectivity index (χ3v) is 3.43. The van der Waals surface area contributed by atoms with Gasteiger partial charge in [0.2, 0.25) is 5.91 Å². The van der Waals surface area contributed by atoms with Gasteiger partial charge in [-0.15, -0.1) is 0 Å². The molecule has 1 aliphatic rings. The second-order valence-corrected chi connectivity index (χ2v) is 4.79. The van der Waals surface area contributed by atoms with Crippen molar-refractivity contribution in [1.29, 1.82) is 0 Å². The van der Waals surface area contributed by atoms with Gasteiger partial charge in [-0.2, -0.15) is 0 Å². The van der Waals surface area contributed by atoms with Crippen molar-refractivity contribution in [2.45, 2.75) is 31.8 Å². The number of nitrogens with two attached hydrogens (primary N) is 1. The number of carbonyl (C=O) groups is 1. The van der Waals surface area contributed by atoms with E-state index < -0.39 is 0 Å². The van der Waals surface area contributed by atoms with Gasteiger partial charge in [0.1, 0.15) is 0 Å². The molecule has 0 saturated carbocycles. The van der Waals surface area contributed by atoms with Gasteiger partial charge >= 0.3 is 0 Å². The molecule has 0 spiro atoms. The molecule has 2 atom stereocenters. The third-order valence-electron chi connectivity index (χ3n) is 3.43. The largest absolute Gasteiger partial charge is 0.369 e. The number of rotatable bonds is 4. The van der Waals surface area contributed by atoms with Crippen molar-refractivity contribution in [3.63, 3.8) is 0 Å². The average molecular weight is 247 g/mol. The Balaban J connectivity index is 1.87. The molecular weight excluding hydrogens is 226 g/mol. The molecule has 18 heavy (non-hydrogen) atoms. The molecule has 0 aliphatic carbocycles. The summed E-state index contributed by atoms with van der Waals surface area (Å²) in [7, 11) is 0. The van der Waals surface area contributed by atoms with Gasteiger partial charge in [-0.25, -0.2) is 0 Å². The lowest BCUT2D eigenvalue weighted by Crippen LogP contribution is -2.46. The van der Waals surface area contributed by atoms with Crippen LogP contribution >= 0.6 is 0 Å². The number of anilines is 1. The molecule has 1 heterocycles. The first-order valence-electron chi connectivity index (χ1n) is 6.56. The Morgan fingerprint density at radius 3 is 2.89 bits per heavy atom. The van der Waals surface area contributed by atoms with Crippen molar-refractivity contribution in [3.8, 4) is 0 Å². The average Bonchev–Trinajstić information content (AvgIpc) is 2.87. The van der Waals surface area contributed by atoms with Crippen molar-refractivity contribution in [2.24, 2.45) is 5.73 Å². The molecule has 1 aliphatic heterocycles. The van der Waals surface area contributed by atoms with Gasteiger partial charge in [0.25, 0.3) is 0 Å². The summed E-state index contributed by atoms with van der Waals surface area (Å²) < 4.78 is 0. The van der Waals surface area contributed by atoms with Crippen LogP contribution in [-0.2, 0) is 4.79 Å². The van der Waals surface area contributed by atoms with Crippen LogP contribution in [0.15, 0.2) is 30.3 Å². The fraction of sp³-hybridized carbons (Fsp3) is 0.500. The molecule has 2 rings (SSSR count). The quantitative estimate of drug-likeness (QED) is 0.838. The molecule has 1 aromatic carbocycles. The van der Waals surface area contributed by atoms with Gasteiger partial charge in [-0.3, -0.25) is 4.79 Å². The summed E-state index contributed by atoms with van der Waals surface area (Å²) in [6, 6.07) is 10.1. The number of nitrogens with one attached hydrogen (secondary N) is 1. The van der Waals surface area contributed by atoms with Gasteiger partial charge < -0.3 is 16.0 Å². The topological polar surface area (TPSA) is 58.4 Å². The second kappa shape index (κ2) is 5.87. The zero-order valence-corrected chi connectivity index (χ0v) is 10.8. The first kappa shape index (κ1) is 12.9. The highest BCUT2D eigenvalue weighted by Crippen LogP contribution is 2.19. The molecule has 1 unspecified atom stereocenters. The van der Waals surface area contributed by atoms with Crippen LogP contribution in [0, 0.1) is 0 Å². The molecule has 0 aromatic heterocycles. The molecule has 0 radical (unpaired) electrons. The Kier molecular flexibility index (Phi) is 4.20. The number of amides is 1. The van der Waals surface area contributed by atoms with Crippen LogP contribution < -0.4 is 16.0 Å². The maximum Gasteiger partial charge on any atom is 0.237 e. The van der Waals surface area contributed by atoms with Crippen LogP contribution in [0.3, 0.4) is 0 Å². The smallest absolute Gasteiger partial charge is 0.237 e. The Labute approximate surface area is 108 Å². The van der Waals surface area contributed by atoms with Crippen LogP contribution in [0.1, 0.15) is 19.8 Å². The minimum Gasteiger partial charge on any atom is -0.369 e. The molecule has 0 bridgehead atoms. The summed E-state index contributed by atoms with van der Waals surface area (Å²) in [6.45, 7) is 3.78. The van der Waals surface area contributed by atoms with Crippen LogP contribution in [0.4, 0.5) is 5.69 Å². The Bertz CT molecular complexity index is 393. The fourth-order valence-electron chi connectivity index (χ4n) is 2.25.